The summed E-state index contributed by atoms with van der Waals surface area (Å²) in [5.41, 5.74) is 16.3. The Labute approximate surface area is 337 Å². The maximum Gasteiger partial charge on any atom is 0.238 e. The molecule has 8 aromatic carbocycles. The second-order valence-corrected chi connectivity index (χ2v) is 15.7. The van der Waals surface area contributed by atoms with Gasteiger partial charge < -0.3 is 0 Å². The Bertz CT molecular complexity index is 3180. The summed E-state index contributed by atoms with van der Waals surface area (Å²) in [6.07, 6.45) is 0. The maximum absolute atomic E-state index is 5.29. The zero-order valence-electron chi connectivity index (χ0n) is 32.3. The minimum Gasteiger partial charge on any atom is -0.277 e. The highest BCUT2D eigenvalue weighted by atomic mass is 15.2. The van der Waals surface area contributed by atoms with Crippen LogP contribution in [0.2, 0.25) is 0 Å². The van der Waals surface area contributed by atoms with Crippen molar-refractivity contribution in [1.82, 2.24) is 19.5 Å². The van der Waals surface area contributed by atoms with Crippen LogP contribution in [0.1, 0.15) is 25.0 Å². The van der Waals surface area contributed by atoms with Gasteiger partial charge in [-0.05, 0) is 68.3 Å². The first kappa shape index (κ1) is 33.9. The fourth-order valence-corrected chi connectivity index (χ4v) is 8.96. The predicted octanol–water partition coefficient (Wildman–Crippen LogP) is 13.6. The molecule has 58 heavy (non-hydrogen) atoms. The molecule has 11 rings (SSSR count). The number of hydrogen-bond acceptors (Lipinski definition) is 3. The molecular formula is C54H38N4. The minimum atomic E-state index is -0.0507. The van der Waals surface area contributed by atoms with Crippen molar-refractivity contribution in [2.24, 2.45) is 0 Å². The third-order valence-corrected chi connectivity index (χ3v) is 11.9. The molecule has 0 saturated heterocycles. The Kier molecular flexibility index (Phi) is 7.80. The van der Waals surface area contributed by atoms with Gasteiger partial charge in [0.05, 0.1) is 11.0 Å². The average Bonchev–Trinajstić information content (AvgIpc) is 3.75. The summed E-state index contributed by atoms with van der Waals surface area (Å²) in [7, 11) is 0. The number of para-hydroxylation sites is 2. The van der Waals surface area contributed by atoms with Gasteiger partial charge in [0.15, 0.2) is 11.6 Å². The van der Waals surface area contributed by atoms with E-state index in [4.69, 9.17) is 15.0 Å². The highest BCUT2D eigenvalue weighted by molar-refractivity contribution is 6.13. The van der Waals surface area contributed by atoms with Gasteiger partial charge in [0.25, 0.3) is 0 Å². The molecule has 4 nitrogen and oxygen atoms in total. The van der Waals surface area contributed by atoms with Gasteiger partial charge in [-0.1, -0.05) is 190 Å². The molecule has 0 N–H and O–H groups in total. The predicted molar refractivity (Wildman–Crippen MR) is 239 cm³/mol. The van der Waals surface area contributed by atoms with E-state index in [2.05, 4.69) is 188 Å². The number of fused-ring (bicyclic) bond motifs is 6. The van der Waals surface area contributed by atoms with E-state index in [9.17, 15) is 0 Å². The van der Waals surface area contributed by atoms with Gasteiger partial charge in [-0.2, -0.15) is 9.97 Å². The normalized spacial score (nSPS) is 12.8. The second-order valence-electron chi connectivity index (χ2n) is 15.7. The standard InChI is InChI=1S/C54H38N4/c1-54(2)47-25-11-9-21-43(47)44-32-31-40(34-48(44)54)36-27-29-37(30-28-36)42-23-14-24-46-45-22-10-12-26-49(45)58(50(42)46)53-56-51(38-17-7-4-8-18-38)55-52(57-53)41-20-13-19-39(33-41)35-15-5-3-6-16-35/h3-34H,1-2H3. The topological polar surface area (TPSA) is 43.6 Å². The second kappa shape index (κ2) is 13.4. The van der Waals surface area contributed by atoms with E-state index in [-0.39, 0.29) is 5.41 Å². The van der Waals surface area contributed by atoms with Gasteiger partial charge in [-0.3, -0.25) is 4.57 Å². The van der Waals surface area contributed by atoms with Crippen molar-refractivity contribution in [2.75, 3.05) is 0 Å². The fourth-order valence-electron chi connectivity index (χ4n) is 8.96. The van der Waals surface area contributed by atoms with Crippen LogP contribution in [-0.4, -0.2) is 19.5 Å². The fraction of sp³-hybridized carbons (Fsp3) is 0.0556. The van der Waals surface area contributed by atoms with Gasteiger partial charge in [-0.25, -0.2) is 4.98 Å². The third kappa shape index (κ3) is 5.48. The van der Waals surface area contributed by atoms with Crippen LogP contribution in [-0.2, 0) is 5.41 Å². The van der Waals surface area contributed by atoms with Crippen molar-refractivity contribution in [3.63, 3.8) is 0 Å². The highest BCUT2D eigenvalue weighted by Crippen LogP contribution is 2.49. The Morgan fingerprint density at radius 1 is 0.362 bits per heavy atom. The summed E-state index contributed by atoms with van der Waals surface area (Å²) >= 11 is 0. The van der Waals surface area contributed by atoms with E-state index in [1.165, 1.54) is 33.4 Å². The molecule has 0 atom stereocenters. The van der Waals surface area contributed by atoms with Crippen molar-refractivity contribution in [1.29, 1.82) is 0 Å². The lowest BCUT2D eigenvalue weighted by Crippen LogP contribution is -2.14. The van der Waals surface area contributed by atoms with E-state index in [0.29, 0.717) is 17.6 Å². The van der Waals surface area contributed by atoms with Gasteiger partial charge in [0, 0.05) is 32.9 Å². The molecule has 0 saturated carbocycles. The summed E-state index contributed by atoms with van der Waals surface area (Å²) in [6.45, 7) is 4.68. The Balaban J connectivity index is 1.07. The van der Waals surface area contributed by atoms with E-state index >= 15 is 0 Å². The molecule has 274 valence electrons. The van der Waals surface area contributed by atoms with Crippen molar-refractivity contribution < 1.29 is 0 Å². The van der Waals surface area contributed by atoms with Crippen LogP contribution in [0.4, 0.5) is 0 Å². The van der Waals surface area contributed by atoms with E-state index < -0.39 is 0 Å². The molecule has 2 aromatic heterocycles. The monoisotopic (exact) mass is 742 g/mol. The van der Waals surface area contributed by atoms with Crippen LogP contribution in [0.25, 0.3) is 95.0 Å². The molecule has 0 spiro atoms. The summed E-state index contributed by atoms with van der Waals surface area (Å²) in [5, 5.41) is 2.29. The molecule has 10 aromatic rings. The smallest absolute Gasteiger partial charge is 0.238 e. The number of rotatable bonds is 6. The Morgan fingerprint density at radius 3 is 1.71 bits per heavy atom. The molecule has 1 aliphatic rings. The van der Waals surface area contributed by atoms with Gasteiger partial charge in [-0.15, -0.1) is 0 Å². The zero-order chi connectivity index (χ0) is 38.8. The summed E-state index contributed by atoms with van der Waals surface area (Å²) < 4.78 is 2.23. The molecule has 0 amide bonds. The highest BCUT2D eigenvalue weighted by Gasteiger charge is 2.35. The molecule has 0 radical (unpaired) electrons. The number of nitrogens with zero attached hydrogens (tertiary/aromatic N) is 4. The van der Waals surface area contributed by atoms with Gasteiger partial charge >= 0.3 is 0 Å². The van der Waals surface area contributed by atoms with Crippen LogP contribution < -0.4 is 0 Å². The van der Waals surface area contributed by atoms with Crippen molar-refractivity contribution in [3.05, 3.63) is 205 Å². The first-order chi connectivity index (χ1) is 28.5. The van der Waals surface area contributed by atoms with Crippen molar-refractivity contribution >= 4 is 21.8 Å². The summed E-state index contributed by atoms with van der Waals surface area (Å²) in [4.78, 5) is 15.6. The third-order valence-electron chi connectivity index (χ3n) is 11.9. The first-order valence-electron chi connectivity index (χ1n) is 19.9. The first-order valence-corrected chi connectivity index (χ1v) is 19.9. The molecule has 0 fully saturated rings. The minimum absolute atomic E-state index is 0.0507. The van der Waals surface area contributed by atoms with Gasteiger partial charge in [0.2, 0.25) is 5.95 Å². The largest absolute Gasteiger partial charge is 0.277 e. The molecule has 0 unspecified atom stereocenters. The number of hydrogen-bond donors (Lipinski definition) is 0. The number of aromatic nitrogens is 4. The van der Waals surface area contributed by atoms with Crippen LogP contribution in [0.5, 0.6) is 0 Å². The summed E-state index contributed by atoms with van der Waals surface area (Å²) in [5.74, 6) is 1.82. The average molecular weight is 743 g/mol. The van der Waals surface area contributed by atoms with E-state index in [1.54, 1.807) is 0 Å². The summed E-state index contributed by atoms with van der Waals surface area (Å²) in [6, 6.07) is 69.0. The van der Waals surface area contributed by atoms with Crippen molar-refractivity contribution in [3.8, 4) is 73.2 Å². The zero-order valence-corrected chi connectivity index (χ0v) is 32.3. The van der Waals surface area contributed by atoms with E-state index in [0.717, 1.165) is 55.2 Å². The lowest BCUT2D eigenvalue weighted by molar-refractivity contribution is 0.660. The van der Waals surface area contributed by atoms with E-state index in [1.807, 2.05) is 24.3 Å². The lowest BCUT2D eigenvalue weighted by Gasteiger charge is -2.22. The van der Waals surface area contributed by atoms with Crippen LogP contribution in [0.15, 0.2) is 194 Å². The maximum atomic E-state index is 5.29. The molecule has 0 aliphatic heterocycles. The lowest BCUT2D eigenvalue weighted by atomic mass is 9.81. The van der Waals surface area contributed by atoms with Crippen LogP contribution in [0, 0.1) is 0 Å². The molecule has 4 heteroatoms. The molecule has 0 bridgehead atoms. The van der Waals surface area contributed by atoms with Crippen LogP contribution >= 0.6 is 0 Å². The quantitative estimate of drug-likeness (QED) is 0.170. The molecular weight excluding hydrogens is 705 g/mol. The van der Waals surface area contributed by atoms with Gasteiger partial charge in [0.1, 0.15) is 0 Å². The number of benzene rings is 8. The molecule has 1 aliphatic carbocycles. The molecule has 2 heterocycles. The van der Waals surface area contributed by atoms with Crippen LogP contribution in [0.3, 0.4) is 0 Å². The Hall–Kier alpha value is -7.43. The SMILES string of the molecule is CC1(C)c2ccccc2-c2ccc(-c3ccc(-c4cccc5c6ccccc6n(-c6nc(-c7ccccc7)nc(-c7cccc(-c8ccccc8)c7)n6)c45)cc3)cc21. The Morgan fingerprint density at radius 2 is 0.897 bits per heavy atom. The van der Waals surface area contributed by atoms with Crippen molar-refractivity contribution in [2.45, 2.75) is 19.3 Å².